The molecule has 0 atom stereocenters. The Morgan fingerprint density at radius 2 is 1.70 bits per heavy atom. The number of rotatable bonds is 1. The van der Waals surface area contributed by atoms with Crippen LogP contribution in [0.15, 0.2) is 71.7 Å². The first kappa shape index (κ1) is 18.3. The fourth-order valence-electron chi connectivity index (χ4n) is 3.87. The van der Waals surface area contributed by atoms with Gasteiger partial charge in [0, 0.05) is 11.3 Å². The van der Waals surface area contributed by atoms with Crippen LogP contribution in [0.5, 0.6) is 0 Å². The minimum Gasteiger partial charge on any atom is -0.276 e. The molecule has 1 nitrogen and oxygen atoms in total. The molecule has 3 aromatic rings. The second kappa shape index (κ2) is 8.33. The summed E-state index contributed by atoms with van der Waals surface area (Å²) in [4.78, 5) is 10.4. The molecule has 0 amide bonds. The second-order valence-corrected chi connectivity index (χ2v) is 8.14. The van der Waals surface area contributed by atoms with Gasteiger partial charge < -0.3 is 0 Å². The highest BCUT2D eigenvalue weighted by Crippen LogP contribution is 2.33. The van der Waals surface area contributed by atoms with Gasteiger partial charge in [-0.3, -0.25) is 4.79 Å². The Bertz CT molecular complexity index is 1060. The molecule has 0 bridgehead atoms. The van der Waals surface area contributed by atoms with Crippen LogP contribution in [0.4, 0.5) is 0 Å². The van der Waals surface area contributed by atoms with Crippen LogP contribution >= 0.6 is 23.4 Å². The van der Waals surface area contributed by atoms with Crippen molar-refractivity contribution < 1.29 is 4.79 Å². The normalized spacial score (nSPS) is 15.7. The van der Waals surface area contributed by atoms with Gasteiger partial charge in [-0.1, -0.05) is 54.6 Å². The van der Waals surface area contributed by atoms with Crippen molar-refractivity contribution in [2.24, 2.45) is 0 Å². The zero-order valence-corrected chi connectivity index (χ0v) is 16.7. The molecule has 27 heavy (non-hydrogen) atoms. The molecule has 0 spiro atoms. The van der Waals surface area contributed by atoms with Gasteiger partial charge >= 0.3 is 0 Å². The first-order valence-corrected chi connectivity index (χ1v) is 10.8. The summed E-state index contributed by atoms with van der Waals surface area (Å²) in [6.07, 6.45) is 8.76. The lowest BCUT2D eigenvalue weighted by Crippen LogP contribution is -2.02. The van der Waals surface area contributed by atoms with Gasteiger partial charge in [-0.15, -0.1) is 11.8 Å². The van der Waals surface area contributed by atoms with E-state index < -0.39 is 0 Å². The lowest BCUT2D eigenvalue weighted by Gasteiger charge is -2.18. The molecular formula is C24H21ClOS. The van der Waals surface area contributed by atoms with Crippen LogP contribution in [-0.2, 0) is 17.6 Å². The summed E-state index contributed by atoms with van der Waals surface area (Å²) >= 11 is 6.84. The minimum absolute atomic E-state index is 0.369. The molecule has 0 unspecified atom stereocenters. The van der Waals surface area contributed by atoms with Crippen molar-refractivity contribution in [3.05, 3.63) is 82.8 Å². The lowest BCUT2D eigenvalue weighted by atomic mass is 9.86. The summed E-state index contributed by atoms with van der Waals surface area (Å²) in [5.41, 5.74) is 3.78. The third-order valence-electron chi connectivity index (χ3n) is 5.23. The topological polar surface area (TPSA) is 17.1 Å². The third-order valence-corrected chi connectivity index (χ3v) is 6.13. The monoisotopic (exact) mass is 392 g/mol. The molecule has 1 aliphatic carbocycles. The van der Waals surface area contributed by atoms with Crippen molar-refractivity contribution in [2.45, 2.75) is 25.7 Å². The number of carbonyl (C=O) groups excluding carboxylic acids is 1. The van der Waals surface area contributed by atoms with Crippen molar-refractivity contribution in [3.63, 3.8) is 0 Å². The number of hydrogen-bond donors (Lipinski definition) is 0. The van der Waals surface area contributed by atoms with Crippen molar-refractivity contribution >= 4 is 50.2 Å². The number of carbonyl (C=O) groups is 1. The molecule has 136 valence electrons. The maximum Gasteiger partial charge on any atom is 0.252 e. The second-order valence-electron chi connectivity index (χ2n) is 6.86. The van der Waals surface area contributed by atoms with Gasteiger partial charge in [0.1, 0.15) is 0 Å². The predicted octanol–water partition coefficient (Wildman–Crippen LogP) is 6.81. The molecular weight excluding hydrogens is 372 g/mol. The number of benzene rings is 3. The van der Waals surface area contributed by atoms with Crippen molar-refractivity contribution in [1.29, 1.82) is 0 Å². The van der Waals surface area contributed by atoms with E-state index in [2.05, 4.69) is 48.5 Å². The Labute approximate surface area is 169 Å². The quantitative estimate of drug-likeness (QED) is 0.334. The maximum atomic E-state index is 10.4. The van der Waals surface area contributed by atoms with Gasteiger partial charge in [-0.05, 0) is 81.4 Å². The Hall–Kier alpha value is -2.03. The predicted molar refractivity (Wildman–Crippen MR) is 119 cm³/mol. The third kappa shape index (κ3) is 3.97. The highest BCUT2D eigenvalue weighted by molar-refractivity contribution is 8.02. The van der Waals surface area contributed by atoms with Crippen LogP contribution in [0.2, 0.25) is 0 Å². The summed E-state index contributed by atoms with van der Waals surface area (Å²) < 4.78 is 0. The summed E-state index contributed by atoms with van der Waals surface area (Å²) in [5, 5.41) is 7.14. The molecule has 1 heterocycles. The average molecular weight is 393 g/mol. The Morgan fingerprint density at radius 3 is 2.48 bits per heavy atom. The number of aryl methyl sites for hydroxylation is 2. The van der Waals surface area contributed by atoms with E-state index in [-0.39, 0.29) is 5.24 Å². The smallest absolute Gasteiger partial charge is 0.252 e. The molecule has 0 N–H and O–H groups in total. The molecule has 3 aromatic carbocycles. The van der Waals surface area contributed by atoms with E-state index in [1.54, 1.807) is 29.0 Å². The molecule has 0 aromatic heterocycles. The van der Waals surface area contributed by atoms with Crippen molar-refractivity contribution in [3.8, 4) is 0 Å². The molecule has 0 fully saturated rings. The molecule has 2 aliphatic rings. The highest BCUT2D eigenvalue weighted by atomic mass is 35.5. The standard InChI is InChI=1S/C18H16.C6H5ClOS/c1-3-7-15-13(5-1)9-11-18-16-8-4-2-6-14(16)10-12-17(15)18;7-6(8)5-1-3-9-4-2-5/h1,3,5,7,9-12H,2,4,6,8H2;1-3H,4H2. The van der Waals surface area contributed by atoms with E-state index in [1.165, 1.54) is 47.2 Å². The molecule has 3 heteroatoms. The van der Waals surface area contributed by atoms with Gasteiger partial charge in [0.05, 0.1) is 0 Å². The number of thioether (sulfide) groups is 1. The van der Waals surface area contributed by atoms with Gasteiger partial charge in [-0.2, -0.15) is 0 Å². The lowest BCUT2D eigenvalue weighted by molar-refractivity contribution is -0.108. The molecule has 0 saturated carbocycles. The summed E-state index contributed by atoms with van der Waals surface area (Å²) in [5.74, 6) is 0.851. The van der Waals surface area contributed by atoms with E-state index >= 15 is 0 Å². The van der Waals surface area contributed by atoms with Crippen molar-refractivity contribution in [1.82, 2.24) is 0 Å². The van der Waals surface area contributed by atoms with Gasteiger partial charge in [-0.25, -0.2) is 0 Å². The fourth-order valence-corrected chi connectivity index (χ4v) is 4.64. The molecule has 0 saturated heterocycles. The Kier molecular flexibility index (Phi) is 5.66. The summed E-state index contributed by atoms with van der Waals surface area (Å²) in [6.45, 7) is 0. The zero-order chi connectivity index (χ0) is 18.6. The molecule has 5 rings (SSSR count). The first-order valence-electron chi connectivity index (χ1n) is 9.34. The summed E-state index contributed by atoms with van der Waals surface area (Å²) in [6, 6.07) is 18.0. The first-order chi connectivity index (χ1) is 13.2. The molecule has 1 aliphatic heterocycles. The van der Waals surface area contributed by atoms with Gasteiger partial charge in [0.2, 0.25) is 0 Å². The van der Waals surface area contributed by atoms with Crippen LogP contribution in [0.3, 0.4) is 0 Å². The maximum absolute atomic E-state index is 10.4. The van der Waals surface area contributed by atoms with Gasteiger partial charge in [0.25, 0.3) is 5.24 Å². The average Bonchev–Trinajstić information content (AvgIpc) is 2.74. The Balaban J connectivity index is 0.000000170. The minimum atomic E-state index is -0.369. The number of allylic oxidation sites excluding steroid dienone is 2. The largest absolute Gasteiger partial charge is 0.276 e. The SMILES string of the molecule is O=C(Cl)C1=CCSC=C1.c1ccc2c(c1)ccc1c3c(ccc12)CCCC3. The van der Waals surface area contributed by atoms with Crippen LogP contribution in [0, 0.1) is 0 Å². The number of fused-ring (bicyclic) bond motifs is 5. The van der Waals surface area contributed by atoms with Gasteiger partial charge in [0.15, 0.2) is 0 Å². The van der Waals surface area contributed by atoms with E-state index in [1.807, 2.05) is 11.5 Å². The van der Waals surface area contributed by atoms with Crippen LogP contribution in [-0.4, -0.2) is 11.0 Å². The zero-order valence-electron chi connectivity index (χ0n) is 15.1. The van der Waals surface area contributed by atoms with Crippen molar-refractivity contribution in [2.75, 3.05) is 5.75 Å². The van der Waals surface area contributed by atoms with Crippen LogP contribution in [0.1, 0.15) is 24.0 Å². The van der Waals surface area contributed by atoms with Crippen LogP contribution < -0.4 is 0 Å². The number of halogens is 1. The van der Waals surface area contributed by atoms with Crippen LogP contribution in [0.25, 0.3) is 21.5 Å². The summed E-state index contributed by atoms with van der Waals surface area (Å²) in [7, 11) is 0. The van der Waals surface area contributed by atoms with E-state index in [4.69, 9.17) is 11.6 Å². The molecule has 0 radical (unpaired) electrons. The van der Waals surface area contributed by atoms with E-state index in [9.17, 15) is 4.79 Å². The van der Waals surface area contributed by atoms with E-state index in [0.717, 1.165) is 5.75 Å². The number of hydrogen-bond acceptors (Lipinski definition) is 2. The fraction of sp³-hybridized carbons (Fsp3) is 0.208. The van der Waals surface area contributed by atoms with E-state index in [0.29, 0.717) is 5.57 Å². The highest BCUT2D eigenvalue weighted by Gasteiger charge is 2.13. The Morgan fingerprint density at radius 1 is 0.889 bits per heavy atom.